The van der Waals surface area contributed by atoms with Gasteiger partial charge in [0.2, 0.25) is 0 Å². The maximum absolute atomic E-state index is 10.8. The van der Waals surface area contributed by atoms with Crippen molar-refractivity contribution in [3.8, 4) is 0 Å². The Morgan fingerprint density at radius 2 is 2.54 bits per heavy atom. The minimum Gasteiger partial charge on any atom is -0.478 e. The molecule has 0 radical (unpaired) electrons. The third-order valence-corrected chi connectivity index (χ3v) is 3.20. The Balaban J connectivity index is 2.41. The van der Waals surface area contributed by atoms with Crippen LogP contribution in [-0.2, 0) is 17.8 Å². The number of hydrogen-bond donors (Lipinski definition) is 1. The van der Waals surface area contributed by atoms with Gasteiger partial charge in [-0.2, -0.15) is 0 Å². The molecule has 3 nitrogen and oxygen atoms in total. The van der Waals surface area contributed by atoms with Gasteiger partial charge in [-0.15, -0.1) is 11.3 Å². The highest BCUT2D eigenvalue weighted by molar-refractivity contribution is 7.10. The van der Waals surface area contributed by atoms with Crippen LogP contribution in [0.15, 0.2) is 5.38 Å². The van der Waals surface area contributed by atoms with Gasteiger partial charge >= 0.3 is 5.97 Å². The lowest BCUT2D eigenvalue weighted by molar-refractivity contribution is 0.0426. The number of ether oxygens (including phenoxy) is 1. The van der Waals surface area contributed by atoms with Gasteiger partial charge in [-0.25, -0.2) is 4.79 Å². The number of aromatic carboxylic acids is 1. The lowest BCUT2D eigenvalue weighted by atomic mass is 10.0. The molecule has 2 heterocycles. The number of carbonyl (C=O) groups is 1. The van der Waals surface area contributed by atoms with E-state index in [1.54, 1.807) is 5.38 Å². The number of hydrogen-bond acceptors (Lipinski definition) is 3. The first-order valence-electron chi connectivity index (χ1n) is 4.12. The van der Waals surface area contributed by atoms with Crippen molar-refractivity contribution >= 4 is 17.3 Å². The molecule has 4 heteroatoms. The predicted molar refractivity (Wildman–Crippen MR) is 49.2 cm³/mol. The molecule has 70 valence electrons. The van der Waals surface area contributed by atoms with Crippen LogP contribution in [-0.4, -0.2) is 17.2 Å². The molecule has 1 aliphatic rings. The second-order valence-corrected chi connectivity index (χ2v) is 4.15. The maximum Gasteiger partial charge on any atom is 0.336 e. The van der Waals surface area contributed by atoms with Gasteiger partial charge in [0.25, 0.3) is 0 Å². The Hall–Kier alpha value is -0.870. The molecule has 2 rings (SSSR count). The fourth-order valence-corrected chi connectivity index (χ4v) is 2.49. The van der Waals surface area contributed by atoms with Crippen LogP contribution in [0.4, 0.5) is 0 Å². The minimum atomic E-state index is -0.827. The van der Waals surface area contributed by atoms with Crippen LogP contribution in [0.1, 0.15) is 27.7 Å². The summed E-state index contributed by atoms with van der Waals surface area (Å²) in [5, 5.41) is 10.6. The number of thiophene rings is 1. The van der Waals surface area contributed by atoms with Crippen molar-refractivity contribution in [3.05, 3.63) is 21.4 Å². The Labute approximate surface area is 80.0 Å². The topological polar surface area (TPSA) is 46.5 Å². The summed E-state index contributed by atoms with van der Waals surface area (Å²) in [5.74, 6) is -0.827. The highest BCUT2D eigenvalue weighted by Gasteiger charge is 2.23. The van der Waals surface area contributed by atoms with Crippen LogP contribution < -0.4 is 0 Å². The standard InChI is InChI=1S/C9H10O3S/c1-5-2-6-7(9(10)11)4-13-8(6)3-12-5/h4-5H,2-3H2,1H3,(H,10,11). The van der Waals surface area contributed by atoms with Crippen LogP contribution in [0, 0.1) is 0 Å². The van der Waals surface area contributed by atoms with Gasteiger partial charge in [0.1, 0.15) is 0 Å². The first-order chi connectivity index (χ1) is 6.18. The van der Waals surface area contributed by atoms with Gasteiger partial charge < -0.3 is 9.84 Å². The molecule has 1 atom stereocenters. The van der Waals surface area contributed by atoms with Gasteiger partial charge in [0.05, 0.1) is 18.3 Å². The molecule has 13 heavy (non-hydrogen) atoms. The van der Waals surface area contributed by atoms with E-state index in [0.29, 0.717) is 12.2 Å². The second kappa shape index (κ2) is 3.12. The summed E-state index contributed by atoms with van der Waals surface area (Å²) >= 11 is 1.48. The van der Waals surface area contributed by atoms with Gasteiger partial charge in [0.15, 0.2) is 0 Å². The lowest BCUT2D eigenvalue weighted by Crippen LogP contribution is -2.19. The molecule has 1 N–H and O–H groups in total. The summed E-state index contributed by atoms with van der Waals surface area (Å²) in [6, 6.07) is 0. The second-order valence-electron chi connectivity index (χ2n) is 3.18. The zero-order valence-corrected chi connectivity index (χ0v) is 8.06. The summed E-state index contributed by atoms with van der Waals surface area (Å²) in [5.41, 5.74) is 1.42. The van der Waals surface area contributed by atoms with Crippen LogP contribution in [0.3, 0.4) is 0 Å². The molecule has 0 spiro atoms. The highest BCUT2D eigenvalue weighted by Crippen LogP contribution is 2.29. The third-order valence-electron chi connectivity index (χ3n) is 2.20. The Kier molecular flexibility index (Phi) is 2.09. The molecular weight excluding hydrogens is 188 g/mol. The predicted octanol–water partition coefficient (Wildman–Crippen LogP) is 1.91. The Morgan fingerprint density at radius 1 is 1.77 bits per heavy atom. The van der Waals surface area contributed by atoms with Crippen molar-refractivity contribution in [2.45, 2.75) is 26.1 Å². The lowest BCUT2D eigenvalue weighted by Gasteiger charge is -2.19. The number of fused-ring (bicyclic) bond motifs is 1. The molecule has 0 aromatic carbocycles. The monoisotopic (exact) mass is 198 g/mol. The van der Waals surface area contributed by atoms with Crippen LogP contribution in [0.2, 0.25) is 0 Å². The van der Waals surface area contributed by atoms with Crippen LogP contribution in [0.25, 0.3) is 0 Å². The van der Waals surface area contributed by atoms with E-state index in [9.17, 15) is 4.79 Å². The van der Waals surface area contributed by atoms with Gasteiger partial charge in [-0.05, 0) is 12.5 Å². The largest absolute Gasteiger partial charge is 0.478 e. The average Bonchev–Trinajstić information content (AvgIpc) is 2.46. The molecule has 0 saturated carbocycles. The van der Waals surface area contributed by atoms with Crippen LogP contribution in [0.5, 0.6) is 0 Å². The van der Waals surface area contributed by atoms with E-state index in [4.69, 9.17) is 9.84 Å². The third kappa shape index (κ3) is 1.47. The summed E-state index contributed by atoms with van der Waals surface area (Å²) in [6.07, 6.45) is 0.862. The van der Waals surface area contributed by atoms with E-state index >= 15 is 0 Å². The van der Waals surface area contributed by atoms with Crippen molar-refractivity contribution in [1.82, 2.24) is 0 Å². The molecular formula is C9H10O3S. The van der Waals surface area contributed by atoms with E-state index < -0.39 is 5.97 Å². The summed E-state index contributed by atoms with van der Waals surface area (Å²) in [6.45, 7) is 2.53. The maximum atomic E-state index is 10.8. The van der Waals surface area contributed by atoms with Crippen molar-refractivity contribution in [3.63, 3.8) is 0 Å². The quantitative estimate of drug-likeness (QED) is 0.749. The molecule has 1 aromatic rings. The van der Waals surface area contributed by atoms with Gasteiger partial charge in [-0.3, -0.25) is 0 Å². The zero-order valence-electron chi connectivity index (χ0n) is 7.24. The fraction of sp³-hybridized carbons (Fsp3) is 0.444. The van der Waals surface area contributed by atoms with Crippen LogP contribution >= 0.6 is 11.3 Å². The molecule has 0 saturated heterocycles. The number of carboxylic acid groups (broad SMARTS) is 1. The molecule has 1 unspecified atom stereocenters. The minimum absolute atomic E-state index is 0.139. The van der Waals surface area contributed by atoms with E-state index in [2.05, 4.69) is 0 Å². The SMILES string of the molecule is CC1Cc2c(C(=O)O)csc2CO1. The van der Waals surface area contributed by atoms with Crippen molar-refractivity contribution in [1.29, 1.82) is 0 Å². The summed E-state index contributed by atoms with van der Waals surface area (Å²) < 4.78 is 5.41. The fourth-order valence-electron chi connectivity index (χ4n) is 1.51. The van der Waals surface area contributed by atoms with E-state index in [1.165, 1.54) is 11.3 Å². The Morgan fingerprint density at radius 3 is 3.23 bits per heavy atom. The first-order valence-corrected chi connectivity index (χ1v) is 5.00. The van der Waals surface area contributed by atoms with Crippen molar-refractivity contribution in [2.24, 2.45) is 0 Å². The Bertz CT molecular complexity index is 343. The molecule has 0 aliphatic carbocycles. The van der Waals surface area contributed by atoms with Crippen molar-refractivity contribution < 1.29 is 14.6 Å². The number of rotatable bonds is 1. The molecule has 0 bridgehead atoms. The van der Waals surface area contributed by atoms with E-state index in [0.717, 1.165) is 16.9 Å². The van der Waals surface area contributed by atoms with Gasteiger partial charge in [-0.1, -0.05) is 0 Å². The van der Waals surface area contributed by atoms with E-state index in [-0.39, 0.29) is 6.10 Å². The molecule has 1 aliphatic heterocycles. The summed E-state index contributed by atoms with van der Waals surface area (Å²) in [4.78, 5) is 11.9. The zero-order chi connectivity index (χ0) is 9.42. The molecule has 0 amide bonds. The first kappa shape index (κ1) is 8.72. The molecule has 1 aromatic heterocycles. The normalized spacial score (nSPS) is 21.2. The molecule has 0 fully saturated rings. The highest BCUT2D eigenvalue weighted by atomic mass is 32.1. The van der Waals surface area contributed by atoms with Gasteiger partial charge in [0, 0.05) is 16.7 Å². The smallest absolute Gasteiger partial charge is 0.336 e. The number of carboxylic acids is 1. The van der Waals surface area contributed by atoms with Crippen molar-refractivity contribution in [2.75, 3.05) is 0 Å². The average molecular weight is 198 g/mol. The van der Waals surface area contributed by atoms with E-state index in [1.807, 2.05) is 6.92 Å². The summed E-state index contributed by atoms with van der Waals surface area (Å²) in [7, 11) is 0.